The van der Waals surface area contributed by atoms with Gasteiger partial charge in [0.1, 0.15) is 11.9 Å². The molecular formula is C14H17N3O2. The number of pyridine rings is 1. The highest BCUT2D eigenvalue weighted by molar-refractivity contribution is 5.41. The summed E-state index contributed by atoms with van der Waals surface area (Å²) in [5.74, 6) is 0.766. The number of rotatable bonds is 2. The lowest BCUT2D eigenvalue weighted by atomic mass is 9.58. The maximum atomic E-state index is 10.1. The number of ether oxygens (including phenoxy) is 1. The average molecular weight is 259 g/mol. The Hall–Kier alpha value is -1.64. The Labute approximate surface area is 112 Å². The molecule has 1 saturated carbocycles. The zero-order valence-corrected chi connectivity index (χ0v) is 10.7. The summed E-state index contributed by atoms with van der Waals surface area (Å²) < 4.78 is 5.39. The number of hydrogen-bond donors (Lipinski definition) is 2. The molecule has 0 bridgehead atoms. The van der Waals surface area contributed by atoms with Gasteiger partial charge in [0.15, 0.2) is 0 Å². The summed E-state index contributed by atoms with van der Waals surface area (Å²) in [6, 6.07) is 5.86. The SMILES string of the molecule is N#Cc1ccc(N[C@@H]2C[C@@H](O)C23CCOCC3)nc1. The van der Waals surface area contributed by atoms with E-state index in [0.717, 1.165) is 38.3 Å². The van der Waals surface area contributed by atoms with Gasteiger partial charge in [-0.3, -0.25) is 0 Å². The van der Waals surface area contributed by atoms with Gasteiger partial charge in [0.25, 0.3) is 0 Å². The molecule has 2 atom stereocenters. The van der Waals surface area contributed by atoms with Gasteiger partial charge in [0.05, 0.1) is 11.7 Å². The second kappa shape index (κ2) is 4.80. The van der Waals surface area contributed by atoms with Gasteiger partial charge in [-0.1, -0.05) is 0 Å². The van der Waals surface area contributed by atoms with Crippen LogP contribution in [-0.4, -0.2) is 35.5 Å². The van der Waals surface area contributed by atoms with Gasteiger partial charge < -0.3 is 15.2 Å². The van der Waals surface area contributed by atoms with Crippen LogP contribution in [0.1, 0.15) is 24.8 Å². The highest BCUT2D eigenvalue weighted by atomic mass is 16.5. The molecule has 1 aliphatic carbocycles. The number of hydrogen-bond acceptors (Lipinski definition) is 5. The van der Waals surface area contributed by atoms with Crippen LogP contribution in [0, 0.1) is 16.7 Å². The molecule has 1 aromatic rings. The molecule has 100 valence electrons. The Morgan fingerprint density at radius 3 is 2.79 bits per heavy atom. The predicted molar refractivity (Wildman–Crippen MR) is 69.5 cm³/mol. The fraction of sp³-hybridized carbons (Fsp3) is 0.571. The third-order valence-corrected chi connectivity index (χ3v) is 4.45. The van der Waals surface area contributed by atoms with E-state index in [1.807, 2.05) is 6.07 Å². The maximum Gasteiger partial charge on any atom is 0.126 e. The largest absolute Gasteiger partial charge is 0.392 e. The van der Waals surface area contributed by atoms with E-state index in [-0.39, 0.29) is 17.6 Å². The average Bonchev–Trinajstić information content (AvgIpc) is 2.48. The van der Waals surface area contributed by atoms with Crippen molar-refractivity contribution in [1.29, 1.82) is 5.26 Å². The minimum Gasteiger partial charge on any atom is -0.392 e. The van der Waals surface area contributed by atoms with Crippen LogP contribution in [0.4, 0.5) is 5.82 Å². The fourth-order valence-corrected chi connectivity index (χ4v) is 3.12. The summed E-state index contributed by atoms with van der Waals surface area (Å²) in [5, 5.41) is 22.2. The van der Waals surface area contributed by atoms with Crippen molar-refractivity contribution in [3.05, 3.63) is 23.9 Å². The lowest BCUT2D eigenvalue weighted by Gasteiger charge is -2.55. The minimum atomic E-state index is -0.243. The van der Waals surface area contributed by atoms with E-state index in [1.54, 1.807) is 12.3 Å². The maximum absolute atomic E-state index is 10.1. The molecule has 3 rings (SSSR count). The summed E-state index contributed by atoms with van der Waals surface area (Å²) in [4.78, 5) is 4.23. The predicted octanol–water partition coefficient (Wildman–Crippen LogP) is 1.30. The Morgan fingerprint density at radius 1 is 1.42 bits per heavy atom. The van der Waals surface area contributed by atoms with E-state index in [1.165, 1.54) is 0 Å². The molecule has 19 heavy (non-hydrogen) atoms. The van der Waals surface area contributed by atoms with Gasteiger partial charge in [-0.2, -0.15) is 5.26 Å². The van der Waals surface area contributed by atoms with Crippen LogP contribution in [0.5, 0.6) is 0 Å². The third-order valence-electron chi connectivity index (χ3n) is 4.45. The summed E-state index contributed by atoms with van der Waals surface area (Å²) >= 11 is 0. The quantitative estimate of drug-likeness (QED) is 0.837. The van der Waals surface area contributed by atoms with Crippen LogP contribution in [0.25, 0.3) is 0 Å². The standard InChI is InChI=1S/C14H17N3O2/c15-8-10-1-2-13(16-9-10)17-11-7-12(18)14(11)3-5-19-6-4-14/h1-2,9,11-12,18H,3-7H2,(H,16,17)/t11-,12-/m1/s1. The summed E-state index contributed by atoms with van der Waals surface area (Å²) in [5.41, 5.74) is 0.494. The molecule has 1 spiro atoms. The molecule has 5 nitrogen and oxygen atoms in total. The van der Waals surface area contributed by atoms with Crippen molar-refractivity contribution in [2.24, 2.45) is 5.41 Å². The molecule has 2 N–H and O–H groups in total. The summed E-state index contributed by atoms with van der Waals surface area (Å²) in [6.45, 7) is 1.44. The van der Waals surface area contributed by atoms with Crippen LogP contribution >= 0.6 is 0 Å². The van der Waals surface area contributed by atoms with E-state index in [4.69, 9.17) is 10.00 Å². The first kappa shape index (κ1) is 12.4. The Balaban J connectivity index is 1.71. The van der Waals surface area contributed by atoms with Crippen molar-refractivity contribution in [1.82, 2.24) is 4.98 Å². The molecule has 1 aliphatic heterocycles. The number of nitrogens with zero attached hydrogens (tertiary/aromatic N) is 2. The Bertz CT molecular complexity index is 488. The molecule has 2 aliphatic rings. The molecular weight excluding hydrogens is 242 g/mol. The van der Waals surface area contributed by atoms with Crippen molar-refractivity contribution in [3.63, 3.8) is 0 Å². The molecule has 0 unspecified atom stereocenters. The minimum absolute atomic E-state index is 0.0617. The summed E-state index contributed by atoms with van der Waals surface area (Å²) in [6.07, 6.45) is 3.85. The monoisotopic (exact) mass is 259 g/mol. The molecule has 0 aromatic carbocycles. The zero-order chi connectivity index (χ0) is 13.3. The fourth-order valence-electron chi connectivity index (χ4n) is 3.12. The van der Waals surface area contributed by atoms with Gasteiger partial charge in [-0.25, -0.2) is 4.98 Å². The third kappa shape index (κ3) is 2.07. The van der Waals surface area contributed by atoms with E-state index in [0.29, 0.717) is 5.56 Å². The number of nitrogens with one attached hydrogen (secondary N) is 1. The zero-order valence-electron chi connectivity index (χ0n) is 10.7. The molecule has 1 saturated heterocycles. The Kier molecular flexibility index (Phi) is 3.13. The van der Waals surface area contributed by atoms with Crippen LogP contribution in [0.15, 0.2) is 18.3 Å². The van der Waals surface area contributed by atoms with Gasteiger partial charge in [0, 0.05) is 30.9 Å². The van der Waals surface area contributed by atoms with Gasteiger partial charge in [-0.05, 0) is 31.4 Å². The van der Waals surface area contributed by atoms with Crippen molar-refractivity contribution >= 4 is 5.82 Å². The van der Waals surface area contributed by atoms with Gasteiger partial charge in [-0.15, -0.1) is 0 Å². The first-order valence-corrected chi connectivity index (χ1v) is 6.63. The van der Waals surface area contributed by atoms with Crippen molar-refractivity contribution in [2.45, 2.75) is 31.4 Å². The lowest BCUT2D eigenvalue weighted by molar-refractivity contribution is -0.133. The van der Waals surface area contributed by atoms with E-state index in [2.05, 4.69) is 16.4 Å². The highest BCUT2D eigenvalue weighted by Crippen LogP contribution is 2.49. The van der Waals surface area contributed by atoms with Gasteiger partial charge in [0.2, 0.25) is 0 Å². The lowest BCUT2D eigenvalue weighted by Crippen LogP contribution is -2.62. The molecule has 2 fully saturated rings. The number of aliphatic hydroxyl groups is 1. The van der Waals surface area contributed by atoms with Crippen LogP contribution in [0.2, 0.25) is 0 Å². The molecule has 2 heterocycles. The second-order valence-corrected chi connectivity index (χ2v) is 5.34. The number of aliphatic hydroxyl groups excluding tert-OH is 1. The number of anilines is 1. The molecule has 5 heteroatoms. The first-order chi connectivity index (χ1) is 9.24. The van der Waals surface area contributed by atoms with E-state index in [9.17, 15) is 5.11 Å². The first-order valence-electron chi connectivity index (χ1n) is 6.63. The highest BCUT2D eigenvalue weighted by Gasteiger charge is 2.54. The van der Waals surface area contributed by atoms with Crippen LogP contribution in [0.3, 0.4) is 0 Å². The normalized spacial score (nSPS) is 28.4. The molecule has 0 amide bonds. The smallest absolute Gasteiger partial charge is 0.126 e. The molecule has 1 aromatic heterocycles. The second-order valence-electron chi connectivity index (χ2n) is 5.34. The Morgan fingerprint density at radius 2 is 2.21 bits per heavy atom. The van der Waals surface area contributed by atoms with E-state index >= 15 is 0 Å². The van der Waals surface area contributed by atoms with Crippen molar-refractivity contribution in [3.8, 4) is 6.07 Å². The molecule has 0 radical (unpaired) electrons. The van der Waals surface area contributed by atoms with Crippen LogP contribution in [-0.2, 0) is 4.74 Å². The number of nitriles is 1. The van der Waals surface area contributed by atoms with Gasteiger partial charge >= 0.3 is 0 Å². The van der Waals surface area contributed by atoms with E-state index < -0.39 is 0 Å². The van der Waals surface area contributed by atoms with Crippen molar-refractivity contribution < 1.29 is 9.84 Å². The number of aromatic nitrogens is 1. The van der Waals surface area contributed by atoms with Crippen molar-refractivity contribution in [2.75, 3.05) is 18.5 Å². The summed E-state index contributed by atoms with van der Waals surface area (Å²) in [7, 11) is 0. The topological polar surface area (TPSA) is 78.2 Å². The van der Waals surface area contributed by atoms with Crippen LogP contribution < -0.4 is 5.32 Å².